The number of amides is 1. The van der Waals surface area contributed by atoms with Crippen molar-refractivity contribution in [3.8, 4) is 5.75 Å². The summed E-state index contributed by atoms with van der Waals surface area (Å²) in [6.45, 7) is 5.58. The maximum absolute atomic E-state index is 12.3. The molecule has 1 fully saturated rings. The van der Waals surface area contributed by atoms with Gasteiger partial charge in [0.15, 0.2) is 0 Å². The Bertz CT molecular complexity index is 911. The first-order valence-corrected chi connectivity index (χ1v) is 9.13. The van der Waals surface area contributed by atoms with E-state index in [9.17, 15) is 14.7 Å². The molecular formula is C21H26N4O4. The lowest BCUT2D eigenvalue weighted by atomic mass is 10.1. The normalized spacial score (nSPS) is 16.1. The number of ether oxygens (including phenoxy) is 1. The molecule has 6 N–H and O–H groups in total. The Kier molecular flexibility index (Phi) is 6.82. The van der Waals surface area contributed by atoms with Gasteiger partial charge in [0.25, 0.3) is 5.91 Å². The zero-order valence-corrected chi connectivity index (χ0v) is 16.6. The van der Waals surface area contributed by atoms with Crippen LogP contribution in [0.25, 0.3) is 5.70 Å². The van der Waals surface area contributed by atoms with Crippen LogP contribution in [0.15, 0.2) is 53.7 Å². The minimum Gasteiger partial charge on any atom is -0.495 e. The summed E-state index contributed by atoms with van der Waals surface area (Å²) in [4.78, 5) is 28.1. The maximum atomic E-state index is 12.3. The van der Waals surface area contributed by atoms with Crippen LogP contribution in [0.2, 0.25) is 0 Å². The maximum Gasteiger partial charge on any atom is 0.329 e. The number of nitrogens with zero attached hydrogens (tertiary/aromatic N) is 1. The minimum absolute atomic E-state index is 0.106. The van der Waals surface area contributed by atoms with Gasteiger partial charge < -0.3 is 26.6 Å². The van der Waals surface area contributed by atoms with Crippen molar-refractivity contribution in [1.82, 2.24) is 5.32 Å². The first-order chi connectivity index (χ1) is 13.8. The molecular weight excluding hydrogens is 372 g/mol. The van der Waals surface area contributed by atoms with Crippen molar-refractivity contribution in [1.29, 1.82) is 0 Å². The Hall–Kier alpha value is -3.55. The fourth-order valence-corrected chi connectivity index (χ4v) is 2.60. The van der Waals surface area contributed by atoms with Crippen LogP contribution in [-0.4, -0.2) is 35.3 Å². The molecule has 0 bridgehead atoms. The topological polar surface area (TPSA) is 140 Å². The highest BCUT2D eigenvalue weighted by Gasteiger charge is 2.51. The Labute approximate surface area is 169 Å². The van der Waals surface area contributed by atoms with Crippen molar-refractivity contribution < 1.29 is 19.4 Å². The second-order valence-electron chi connectivity index (χ2n) is 6.64. The number of methoxy groups -OCH3 is 1. The van der Waals surface area contributed by atoms with Crippen LogP contribution in [0.1, 0.15) is 31.7 Å². The van der Waals surface area contributed by atoms with Crippen LogP contribution in [0, 0.1) is 0 Å². The van der Waals surface area contributed by atoms with E-state index in [1.54, 1.807) is 30.4 Å². The molecule has 0 saturated heterocycles. The monoisotopic (exact) mass is 398 g/mol. The molecule has 0 unspecified atom stereocenters. The van der Waals surface area contributed by atoms with Crippen molar-refractivity contribution in [2.45, 2.75) is 31.7 Å². The van der Waals surface area contributed by atoms with Crippen molar-refractivity contribution in [2.75, 3.05) is 12.8 Å². The molecule has 1 saturated carbocycles. The van der Waals surface area contributed by atoms with Crippen LogP contribution in [0.5, 0.6) is 5.75 Å². The number of benzene rings is 1. The molecule has 0 atom stereocenters. The first kappa shape index (κ1) is 21.7. The van der Waals surface area contributed by atoms with E-state index in [1.807, 2.05) is 6.92 Å². The van der Waals surface area contributed by atoms with Gasteiger partial charge in [-0.2, -0.15) is 0 Å². The van der Waals surface area contributed by atoms with Gasteiger partial charge in [-0.1, -0.05) is 25.6 Å². The summed E-state index contributed by atoms with van der Waals surface area (Å²) < 4.78 is 5.25. The molecule has 1 aromatic carbocycles. The molecule has 154 valence electrons. The van der Waals surface area contributed by atoms with E-state index in [4.69, 9.17) is 16.2 Å². The number of anilines is 1. The number of rotatable bonds is 9. The minimum atomic E-state index is -1.20. The highest BCUT2D eigenvalue weighted by molar-refractivity contribution is 6.06. The van der Waals surface area contributed by atoms with Crippen LogP contribution >= 0.6 is 0 Å². The fraction of sp³-hybridized carbons (Fsp3) is 0.286. The van der Waals surface area contributed by atoms with E-state index in [2.05, 4.69) is 16.9 Å². The molecule has 2 rings (SSSR count). The molecule has 8 nitrogen and oxygen atoms in total. The number of nitrogen functional groups attached to an aromatic ring is 1. The predicted octanol–water partition coefficient (Wildman–Crippen LogP) is 2.23. The van der Waals surface area contributed by atoms with Crippen LogP contribution < -0.4 is 21.5 Å². The van der Waals surface area contributed by atoms with Crippen molar-refractivity contribution in [3.05, 3.63) is 54.3 Å². The molecule has 1 aromatic rings. The Balaban J connectivity index is 2.30. The third-order valence-corrected chi connectivity index (χ3v) is 4.53. The number of hydrogen-bond donors (Lipinski definition) is 4. The molecule has 0 radical (unpaired) electrons. The zero-order chi connectivity index (χ0) is 21.6. The predicted molar refractivity (Wildman–Crippen MR) is 113 cm³/mol. The lowest BCUT2D eigenvalue weighted by Gasteiger charge is -2.13. The van der Waals surface area contributed by atoms with Gasteiger partial charge in [-0.3, -0.25) is 9.79 Å². The van der Waals surface area contributed by atoms with Gasteiger partial charge in [-0.25, -0.2) is 4.79 Å². The van der Waals surface area contributed by atoms with Crippen molar-refractivity contribution >= 4 is 29.0 Å². The van der Waals surface area contributed by atoms with E-state index in [0.29, 0.717) is 42.1 Å². The second kappa shape index (κ2) is 9.09. The highest BCUT2D eigenvalue weighted by Crippen LogP contribution is 2.35. The zero-order valence-electron chi connectivity index (χ0n) is 16.6. The van der Waals surface area contributed by atoms with E-state index in [1.165, 1.54) is 13.2 Å². The number of nitrogens with two attached hydrogens (primary N) is 2. The largest absolute Gasteiger partial charge is 0.495 e. The van der Waals surface area contributed by atoms with Crippen LogP contribution in [0.3, 0.4) is 0 Å². The molecule has 1 amide bonds. The lowest BCUT2D eigenvalue weighted by Crippen LogP contribution is -2.44. The van der Waals surface area contributed by atoms with E-state index in [-0.39, 0.29) is 5.70 Å². The summed E-state index contributed by atoms with van der Waals surface area (Å²) in [5.41, 5.74) is 12.8. The number of nitrogens with one attached hydrogen (secondary N) is 1. The molecule has 0 spiro atoms. The Morgan fingerprint density at radius 3 is 2.62 bits per heavy atom. The number of aliphatic imine (C=N–C) groups is 1. The summed E-state index contributed by atoms with van der Waals surface area (Å²) in [6, 6.07) is 5.27. The van der Waals surface area contributed by atoms with Gasteiger partial charge in [0.1, 0.15) is 11.3 Å². The van der Waals surface area contributed by atoms with Crippen LogP contribution in [0.4, 0.5) is 5.69 Å². The van der Waals surface area contributed by atoms with Crippen molar-refractivity contribution in [3.63, 3.8) is 0 Å². The molecule has 1 aliphatic carbocycles. The number of aliphatic carboxylic acids is 1. The average Bonchev–Trinajstić information content (AvgIpc) is 3.48. The summed E-state index contributed by atoms with van der Waals surface area (Å²) in [5.74, 6) is -1.17. The summed E-state index contributed by atoms with van der Waals surface area (Å²) in [6.07, 6.45) is 6.03. The molecule has 8 heteroatoms. The number of carboxylic acid groups (broad SMARTS) is 1. The molecule has 1 aliphatic rings. The fourth-order valence-electron chi connectivity index (χ4n) is 2.60. The quantitative estimate of drug-likeness (QED) is 0.218. The SMILES string of the molecule is C=C\C=C(/N=C(\C=C(/N)C(=O)NC1(C(=O)O)CC1)CC)c1ccc(N)c(OC)c1. The van der Waals surface area contributed by atoms with E-state index in [0.717, 1.165) is 5.56 Å². The van der Waals surface area contributed by atoms with Gasteiger partial charge >= 0.3 is 5.97 Å². The Morgan fingerprint density at radius 1 is 1.41 bits per heavy atom. The summed E-state index contributed by atoms with van der Waals surface area (Å²) >= 11 is 0. The molecule has 0 aromatic heterocycles. The summed E-state index contributed by atoms with van der Waals surface area (Å²) in [5, 5.41) is 11.7. The molecule has 0 heterocycles. The second-order valence-corrected chi connectivity index (χ2v) is 6.64. The van der Waals surface area contributed by atoms with E-state index < -0.39 is 17.4 Å². The summed E-state index contributed by atoms with van der Waals surface area (Å²) in [7, 11) is 1.53. The van der Waals surface area contributed by atoms with Gasteiger partial charge in [-0.15, -0.1) is 0 Å². The van der Waals surface area contributed by atoms with Gasteiger partial charge in [-0.05, 0) is 43.5 Å². The number of hydrogen-bond acceptors (Lipinski definition) is 6. The molecule has 0 aliphatic heterocycles. The average molecular weight is 398 g/mol. The highest BCUT2D eigenvalue weighted by atomic mass is 16.5. The Morgan fingerprint density at radius 2 is 2.10 bits per heavy atom. The smallest absolute Gasteiger partial charge is 0.329 e. The van der Waals surface area contributed by atoms with Gasteiger partial charge in [0.2, 0.25) is 0 Å². The third kappa shape index (κ3) is 5.25. The standard InChI is InChI=1S/C21H26N4O4/c1-4-6-17(13-7-8-15(22)18(11-13)29-3)24-14(5-2)12-16(23)19(26)25-21(9-10-21)20(27)28/h4,6-8,11-12H,1,5,9-10,22-23H2,2-3H3,(H,25,26)(H,27,28)/b16-12-,17-6-,24-14-. The number of allylic oxidation sites excluding steroid dienone is 3. The number of carbonyl (C=O) groups excluding carboxylic acids is 1. The first-order valence-electron chi connectivity index (χ1n) is 9.13. The van der Waals surface area contributed by atoms with Crippen LogP contribution in [-0.2, 0) is 9.59 Å². The number of carbonyl (C=O) groups is 2. The van der Waals surface area contributed by atoms with Crippen molar-refractivity contribution in [2.24, 2.45) is 10.7 Å². The lowest BCUT2D eigenvalue weighted by molar-refractivity contribution is -0.142. The number of carboxylic acids is 1. The van der Waals surface area contributed by atoms with Gasteiger partial charge in [0, 0.05) is 11.3 Å². The third-order valence-electron chi connectivity index (χ3n) is 4.53. The van der Waals surface area contributed by atoms with Gasteiger partial charge in [0.05, 0.1) is 24.2 Å². The van der Waals surface area contributed by atoms with E-state index >= 15 is 0 Å². The molecule has 29 heavy (non-hydrogen) atoms.